The van der Waals surface area contributed by atoms with Crippen molar-refractivity contribution in [3.8, 4) is 5.75 Å². The van der Waals surface area contributed by atoms with E-state index in [0.717, 1.165) is 53.8 Å². The molecule has 1 atom stereocenters. The van der Waals surface area contributed by atoms with E-state index in [-0.39, 0.29) is 0 Å². The Balaban J connectivity index is 0.000000447. The third kappa shape index (κ3) is 8.61. The monoisotopic (exact) mass is 403 g/mol. The molecule has 0 saturated carbocycles. The highest BCUT2D eigenvalue weighted by atomic mass is 16.5. The third-order valence-corrected chi connectivity index (χ3v) is 4.03. The van der Waals surface area contributed by atoms with Crippen molar-refractivity contribution >= 4 is 28.5 Å². The molecule has 29 heavy (non-hydrogen) atoms. The van der Waals surface area contributed by atoms with Crippen LogP contribution in [0.2, 0.25) is 0 Å². The Bertz CT molecular complexity index is 836. The van der Waals surface area contributed by atoms with Gasteiger partial charge in [-0.1, -0.05) is 13.0 Å². The van der Waals surface area contributed by atoms with Gasteiger partial charge in [0.15, 0.2) is 0 Å². The van der Waals surface area contributed by atoms with Crippen LogP contribution in [0.5, 0.6) is 5.75 Å². The van der Waals surface area contributed by atoms with E-state index in [2.05, 4.69) is 31.3 Å². The maximum atomic E-state index is 9.55. The second-order valence-electron chi connectivity index (χ2n) is 6.39. The number of hydrogen-bond donors (Lipinski definition) is 4. The molecule has 1 unspecified atom stereocenters. The van der Waals surface area contributed by atoms with Crippen molar-refractivity contribution in [2.24, 2.45) is 5.73 Å². The molecule has 0 amide bonds. The molecule has 0 spiro atoms. The molecule has 0 radical (unpaired) electrons. The van der Waals surface area contributed by atoms with Gasteiger partial charge in [0.1, 0.15) is 5.75 Å². The van der Waals surface area contributed by atoms with Gasteiger partial charge in [-0.15, -0.1) is 0 Å². The number of carbonyl (C=O) groups is 2. The minimum absolute atomic E-state index is 0.357. The molecule has 0 fully saturated rings. The molecule has 8 heteroatoms. The highest BCUT2D eigenvalue weighted by molar-refractivity contribution is 5.92. The minimum atomic E-state index is -1.26. The molecule has 1 heterocycles. The fourth-order valence-corrected chi connectivity index (χ4v) is 2.58. The van der Waals surface area contributed by atoms with Gasteiger partial charge in [-0.2, -0.15) is 0 Å². The maximum Gasteiger partial charge on any atom is 0.328 e. The predicted octanol–water partition coefficient (Wildman–Crippen LogP) is 3.06. The quantitative estimate of drug-likeness (QED) is 0.469. The van der Waals surface area contributed by atoms with Gasteiger partial charge < -0.3 is 26.0 Å². The first-order valence-electron chi connectivity index (χ1n) is 9.38. The van der Waals surface area contributed by atoms with Gasteiger partial charge >= 0.3 is 11.9 Å². The zero-order valence-corrected chi connectivity index (χ0v) is 17.0. The molecule has 158 valence electrons. The van der Waals surface area contributed by atoms with E-state index in [1.165, 1.54) is 0 Å². The van der Waals surface area contributed by atoms with Gasteiger partial charge in [-0.3, -0.25) is 4.98 Å². The van der Waals surface area contributed by atoms with Crippen LogP contribution in [0.1, 0.15) is 32.4 Å². The number of aromatic nitrogens is 1. The summed E-state index contributed by atoms with van der Waals surface area (Å²) in [4.78, 5) is 23.9. The van der Waals surface area contributed by atoms with Crippen LogP contribution in [-0.2, 0) is 16.0 Å². The standard InChI is InChI=1S/C17H25N3O.C4H4O4/c1-4-14-8-7-13-10-15(21-3)11-16(17(13)20-14)19-12(2)6-5-9-18;5-3(6)1-2-4(7)8/h7-8,10-12,19H,4-6,9,18H2,1-3H3;1-2H,(H,5,6)(H,7,8)/b;2-1-. The number of ether oxygens (including phenoxy) is 1. The first kappa shape index (κ1) is 23.9. The second kappa shape index (κ2) is 12.4. The number of methoxy groups -OCH3 is 1. The average Bonchev–Trinajstić information content (AvgIpc) is 2.70. The number of carboxylic acid groups (broad SMARTS) is 2. The van der Waals surface area contributed by atoms with E-state index < -0.39 is 11.9 Å². The number of benzene rings is 1. The smallest absolute Gasteiger partial charge is 0.328 e. The molecule has 1 aromatic heterocycles. The van der Waals surface area contributed by atoms with Crippen molar-refractivity contribution < 1.29 is 24.5 Å². The first-order chi connectivity index (χ1) is 13.8. The number of carboxylic acids is 2. The Labute approximate surface area is 170 Å². The van der Waals surface area contributed by atoms with Crippen molar-refractivity contribution in [1.82, 2.24) is 4.98 Å². The SMILES string of the molecule is CCc1ccc2cc(OC)cc(NC(C)CCCN)c2n1.O=C(O)/C=C\C(=O)O. The summed E-state index contributed by atoms with van der Waals surface area (Å²) < 4.78 is 5.39. The highest BCUT2D eigenvalue weighted by Crippen LogP contribution is 2.29. The van der Waals surface area contributed by atoms with Crippen LogP contribution < -0.4 is 15.8 Å². The number of pyridine rings is 1. The Kier molecular flexibility index (Phi) is 10.2. The fraction of sp³-hybridized carbons (Fsp3) is 0.381. The molecule has 5 N–H and O–H groups in total. The summed E-state index contributed by atoms with van der Waals surface area (Å²) in [6.45, 7) is 5.02. The summed E-state index contributed by atoms with van der Waals surface area (Å²) in [5.74, 6) is -1.66. The van der Waals surface area contributed by atoms with E-state index in [9.17, 15) is 9.59 Å². The number of nitrogens with zero attached hydrogens (tertiary/aromatic N) is 1. The van der Waals surface area contributed by atoms with Gasteiger partial charge in [0.05, 0.1) is 18.3 Å². The van der Waals surface area contributed by atoms with Gasteiger partial charge in [-0.05, 0) is 44.9 Å². The van der Waals surface area contributed by atoms with Crippen LogP contribution in [0, 0.1) is 0 Å². The van der Waals surface area contributed by atoms with Gasteiger partial charge in [-0.25, -0.2) is 9.59 Å². The van der Waals surface area contributed by atoms with Crippen molar-refractivity contribution in [2.45, 2.75) is 39.2 Å². The summed E-state index contributed by atoms with van der Waals surface area (Å²) in [6, 6.07) is 8.59. The topological polar surface area (TPSA) is 135 Å². The van der Waals surface area contributed by atoms with Crippen LogP contribution in [0.4, 0.5) is 5.69 Å². The molecular weight excluding hydrogens is 374 g/mol. The van der Waals surface area contributed by atoms with Crippen molar-refractivity contribution in [2.75, 3.05) is 19.0 Å². The predicted molar refractivity (Wildman–Crippen MR) is 113 cm³/mol. The van der Waals surface area contributed by atoms with Crippen LogP contribution in [0.25, 0.3) is 10.9 Å². The fourth-order valence-electron chi connectivity index (χ4n) is 2.58. The number of aliphatic carboxylic acids is 2. The zero-order valence-electron chi connectivity index (χ0n) is 17.0. The summed E-state index contributed by atoms with van der Waals surface area (Å²) in [7, 11) is 1.69. The molecule has 2 rings (SSSR count). The number of nitrogens with one attached hydrogen (secondary N) is 1. The summed E-state index contributed by atoms with van der Waals surface area (Å²) in [5, 5.41) is 20.3. The van der Waals surface area contributed by atoms with Crippen molar-refractivity contribution in [1.29, 1.82) is 0 Å². The lowest BCUT2D eigenvalue weighted by atomic mass is 10.1. The lowest BCUT2D eigenvalue weighted by Crippen LogP contribution is -2.17. The van der Waals surface area contributed by atoms with Crippen LogP contribution in [0.15, 0.2) is 36.4 Å². The lowest BCUT2D eigenvalue weighted by molar-refractivity contribution is -0.134. The first-order valence-corrected chi connectivity index (χ1v) is 9.38. The van der Waals surface area contributed by atoms with E-state index >= 15 is 0 Å². The number of hydrogen-bond acceptors (Lipinski definition) is 6. The Morgan fingerprint density at radius 3 is 2.41 bits per heavy atom. The van der Waals surface area contributed by atoms with E-state index in [4.69, 9.17) is 25.7 Å². The Morgan fingerprint density at radius 1 is 1.24 bits per heavy atom. The Hall–Kier alpha value is -3.13. The molecule has 2 aromatic rings. The normalized spacial score (nSPS) is 11.6. The summed E-state index contributed by atoms with van der Waals surface area (Å²) >= 11 is 0. The van der Waals surface area contributed by atoms with E-state index in [1.807, 2.05) is 12.1 Å². The van der Waals surface area contributed by atoms with Gasteiger partial charge in [0, 0.05) is 35.3 Å². The maximum absolute atomic E-state index is 9.55. The third-order valence-electron chi connectivity index (χ3n) is 4.03. The Morgan fingerprint density at radius 2 is 1.90 bits per heavy atom. The zero-order chi connectivity index (χ0) is 21.8. The average molecular weight is 403 g/mol. The van der Waals surface area contributed by atoms with Gasteiger partial charge in [0.2, 0.25) is 0 Å². The molecule has 1 aromatic carbocycles. The largest absolute Gasteiger partial charge is 0.497 e. The van der Waals surface area contributed by atoms with E-state index in [1.54, 1.807) is 7.11 Å². The molecular formula is C21H29N3O5. The molecule has 0 aliphatic carbocycles. The summed E-state index contributed by atoms with van der Waals surface area (Å²) in [6.07, 6.45) is 4.11. The lowest BCUT2D eigenvalue weighted by Gasteiger charge is -2.17. The van der Waals surface area contributed by atoms with Crippen molar-refractivity contribution in [3.05, 3.63) is 42.1 Å². The number of nitrogens with two attached hydrogens (primary N) is 1. The molecule has 0 bridgehead atoms. The number of aryl methyl sites for hydroxylation is 1. The molecule has 0 aliphatic heterocycles. The molecule has 0 aliphatic rings. The number of fused-ring (bicyclic) bond motifs is 1. The number of anilines is 1. The van der Waals surface area contributed by atoms with Crippen LogP contribution >= 0.6 is 0 Å². The molecule has 8 nitrogen and oxygen atoms in total. The second-order valence-corrected chi connectivity index (χ2v) is 6.39. The minimum Gasteiger partial charge on any atom is -0.497 e. The summed E-state index contributed by atoms with van der Waals surface area (Å²) in [5.41, 5.74) is 8.73. The van der Waals surface area contributed by atoms with Crippen LogP contribution in [-0.4, -0.2) is 46.8 Å². The van der Waals surface area contributed by atoms with E-state index in [0.29, 0.717) is 18.2 Å². The van der Waals surface area contributed by atoms with Crippen LogP contribution in [0.3, 0.4) is 0 Å². The molecule has 0 saturated heterocycles. The number of rotatable bonds is 9. The van der Waals surface area contributed by atoms with Gasteiger partial charge in [0.25, 0.3) is 0 Å². The van der Waals surface area contributed by atoms with Crippen molar-refractivity contribution in [3.63, 3.8) is 0 Å². The highest BCUT2D eigenvalue weighted by Gasteiger charge is 2.10.